The Balaban J connectivity index is 2.21. The molecule has 0 spiro atoms. The Bertz CT molecular complexity index is 358. The summed E-state index contributed by atoms with van der Waals surface area (Å²) in [5, 5.41) is 8.73. The third-order valence-electron chi connectivity index (χ3n) is 3.23. The van der Waals surface area contributed by atoms with Crippen LogP contribution in [0, 0.1) is 23.2 Å². The number of carbonyl (C=O) groups excluding carboxylic acids is 1. The third kappa shape index (κ3) is 1.74. The molecule has 3 nitrogen and oxygen atoms in total. The fraction of sp³-hybridized carbons (Fsp3) is 0.636. The van der Waals surface area contributed by atoms with Gasteiger partial charge in [-0.05, 0) is 18.8 Å². The summed E-state index contributed by atoms with van der Waals surface area (Å²) in [6.07, 6.45) is 2.62. The van der Waals surface area contributed by atoms with Crippen molar-refractivity contribution in [1.29, 1.82) is 5.26 Å². The zero-order valence-electron chi connectivity index (χ0n) is 8.44. The van der Waals surface area contributed by atoms with Crippen molar-refractivity contribution in [1.82, 2.24) is 0 Å². The lowest BCUT2D eigenvalue weighted by molar-refractivity contribution is -0.127. The molecule has 1 fully saturated rings. The Morgan fingerprint density at radius 2 is 2.33 bits per heavy atom. The minimum Gasteiger partial charge on any atom is -0.496 e. The maximum absolute atomic E-state index is 11.8. The van der Waals surface area contributed by atoms with Crippen molar-refractivity contribution in [3.63, 3.8) is 0 Å². The number of Topliss-reactive ketones (excluding diaryl/α,β-unsaturated/α-hetero) is 1. The van der Waals surface area contributed by atoms with Gasteiger partial charge in [0.25, 0.3) is 0 Å². The molecular weight excluding hydrogens is 214 g/mol. The normalized spacial score (nSPS) is 39.8. The average molecular weight is 226 g/mol. The van der Waals surface area contributed by atoms with E-state index in [4.69, 9.17) is 21.6 Å². The Kier molecular flexibility index (Phi) is 2.70. The summed E-state index contributed by atoms with van der Waals surface area (Å²) in [7, 11) is 0. The number of ether oxygens (including phenoxy) is 1. The van der Waals surface area contributed by atoms with Gasteiger partial charge >= 0.3 is 0 Å². The number of hydrogen-bond acceptors (Lipinski definition) is 3. The van der Waals surface area contributed by atoms with Crippen LogP contribution in [0.4, 0.5) is 0 Å². The smallest absolute Gasteiger partial charge is 0.183 e. The van der Waals surface area contributed by atoms with Gasteiger partial charge < -0.3 is 4.74 Å². The Morgan fingerprint density at radius 3 is 3.00 bits per heavy atom. The number of nitriles is 1. The molecule has 4 atom stereocenters. The van der Waals surface area contributed by atoms with E-state index in [1.807, 2.05) is 6.07 Å². The van der Waals surface area contributed by atoms with E-state index in [1.165, 1.54) is 6.26 Å². The van der Waals surface area contributed by atoms with Crippen molar-refractivity contribution in [2.45, 2.75) is 31.2 Å². The van der Waals surface area contributed by atoms with Crippen LogP contribution in [-0.4, -0.2) is 17.3 Å². The van der Waals surface area contributed by atoms with Gasteiger partial charge in [-0.2, -0.15) is 5.26 Å². The average Bonchev–Trinajstić information content (AvgIpc) is 2.22. The second-order valence-corrected chi connectivity index (χ2v) is 4.81. The van der Waals surface area contributed by atoms with E-state index in [2.05, 4.69) is 6.92 Å². The van der Waals surface area contributed by atoms with Crippen LogP contribution < -0.4 is 0 Å². The fourth-order valence-corrected chi connectivity index (χ4v) is 2.52. The van der Waals surface area contributed by atoms with Gasteiger partial charge in [0.15, 0.2) is 5.78 Å². The van der Waals surface area contributed by atoms with Crippen molar-refractivity contribution < 1.29 is 9.53 Å². The minimum absolute atomic E-state index is 0.0110. The minimum atomic E-state index is -0.219. The van der Waals surface area contributed by atoms with Crippen molar-refractivity contribution in [2.24, 2.45) is 11.8 Å². The lowest BCUT2D eigenvalue weighted by Crippen LogP contribution is -2.42. The molecule has 4 unspecified atom stereocenters. The van der Waals surface area contributed by atoms with Crippen LogP contribution in [-0.2, 0) is 9.53 Å². The molecule has 0 aromatic heterocycles. The lowest BCUT2D eigenvalue weighted by atomic mass is 9.76. The molecule has 0 amide bonds. The van der Waals surface area contributed by atoms with E-state index in [1.54, 1.807) is 0 Å². The van der Waals surface area contributed by atoms with E-state index < -0.39 is 0 Å². The maximum atomic E-state index is 11.8. The van der Waals surface area contributed by atoms with Crippen LogP contribution >= 0.6 is 11.6 Å². The molecule has 4 heteroatoms. The highest BCUT2D eigenvalue weighted by atomic mass is 35.5. The number of allylic oxidation sites excluding steroid dienone is 1. The molecule has 1 heterocycles. The van der Waals surface area contributed by atoms with Crippen LogP contribution in [0.3, 0.4) is 0 Å². The predicted molar refractivity (Wildman–Crippen MR) is 55.1 cm³/mol. The van der Waals surface area contributed by atoms with Crippen molar-refractivity contribution >= 4 is 17.4 Å². The van der Waals surface area contributed by atoms with E-state index in [-0.39, 0.29) is 28.8 Å². The fourth-order valence-electron chi connectivity index (χ4n) is 2.23. The number of halogens is 1. The quantitative estimate of drug-likeness (QED) is 0.593. The first-order valence-corrected chi connectivity index (χ1v) is 5.51. The third-order valence-corrected chi connectivity index (χ3v) is 3.84. The van der Waals surface area contributed by atoms with Gasteiger partial charge in [-0.3, -0.25) is 4.79 Å². The summed E-state index contributed by atoms with van der Waals surface area (Å²) in [5.41, 5.74) is 0.120. The van der Waals surface area contributed by atoms with Crippen LogP contribution in [0.1, 0.15) is 19.8 Å². The van der Waals surface area contributed by atoms with Gasteiger partial charge in [0.1, 0.15) is 24.0 Å². The highest BCUT2D eigenvalue weighted by Crippen LogP contribution is 2.38. The Hall–Kier alpha value is -1.01. The van der Waals surface area contributed by atoms with Gasteiger partial charge in [-0.25, -0.2) is 0 Å². The van der Waals surface area contributed by atoms with Gasteiger partial charge in [-0.15, -0.1) is 11.6 Å². The second kappa shape index (κ2) is 3.86. The van der Waals surface area contributed by atoms with Crippen molar-refractivity contribution in [2.75, 3.05) is 0 Å². The summed E-state index contributed by atoms with van der Waals surface area (Å²) >= 11 is 6.13. The van der Waals surface area contributed by atoms with Crippen LogP contribution in [0.2, 0.25) is 0 Å². The molecule has 15 heavy (non-hydrogen) atoms. The molecule has 0 radical (unpaired) electrons. The number of rotatable bonds is 0. The second-order valence-electron chi connectivity index (χ2n) is 4.25. The monoisotopic (exact) mass is 225 g/mol. The number of hydrogen-bond donors (Lipinski definition) is 0. The molecule has 80 valence electrons. The van der Waals surface area contributed by atoms with E-state index in [0.717, 1.165) is 6.42 Å². The Labute approximate surface area is 93.7 Å². The van der Waals surface area contributed by atoms with E-state index in [9.17, 15) is 4.79 Å². The van der Waals surface area contributed by atoms with Crippen molar-refractivity contribution in [3.05, 3.63) is 11.8 Å². The first-order valence-electron chi connectivity index (χ1n) is 5.07. The first kappa shape index (κ1) is 10.5. The number of ketones is 1. The SMILES string of the molecule is CC1CC2OC=C(C#N)C(=O)C2CC1Cl. The molecule has 1 aliphatic heterocycles. The summed E-state index contributed by atoms with van der Waals surface area (Å²) in [6.45, 7) is 2.06. The van der Waals surface area contributed by atoms with Gasteiger partial charge in [0.2, 0.25) is 0 Å². The zero-order chi connectivity index (χ0) is 11.0. The number of carbonyl (C=O) groups is 1. The highest BCUT2D eigenvalue weighted by Gasteiger charge is 2.42. The Morgan fingerprint density at radius 1 is 1.60 bits per heavy atom. The zero-order valence-corrected chi connectivity index (χ0v) is 9.20. The topological polar surface area (TPSA) is 50.1 Å². The summed E-state index contributed by atoms with van der Waals surface area (Å²) in [6, 6.07) is 1.86. The van der Waals surface area contributed by atoms with E-state index >= 15 is 0 Å². The predicted octanol–water partition coefficient (Wildman–Crippen LogP) is 2.02. The van der Waals surface area contributed by atoms with Crippen LogP contribution in [0.5, 0.6) is 0 Å². The molecule has 0 aromatic rings. The standard InChI is InChI=1S/C11H12ClNO2/c1-6-2-10-8(3-9(6)12)11(14)7(4-13)5-15-10/h5-6,8-10H,2-3H2,1H3. The molecular formula is C11H12ClNO2. The molecule has 0 aromatic carbocycles. The number of fused-ring (bicyclic) bond motifs is 1. The number of nitrogens with zero attached hydrogens (tertiary/aromatic N) is 1. The van der Waals surface area contributed by atoms with Crippen LogP contribution in [0.25, 0.3) is 0 Å². The molecule has 2 rings (SSSR count). The van der Waals surface area contributed by atoms with E-state index in [0.29, 0.717) is 12.3 Å². The summed E-state index contributed by atoms with van der Waals surface area (Å²) in [5.74, 6) is 0.0346. The van der Waals surface area contributed by atoms with Gasteiger partial charge in [0.05, 0.1) is 5.92 Å². The van der Waals surface area contributed by atoms with Gasteiger partial charge in [0, 0.05) is 5.38 Å². The molecule has 0 saturated heterocycles. The summed E-state index contributed by atoms with van der Waals surface area (Å²) < 4.78 is 5.41. The van der Waals surface area contributed by atoms with Crippen molar-refractivity contribution in [3.8, 4) is 6.07 Å². The maximum Gasteiger partial charge on any atom is 0.183 e. The number of alkyl halides is 1. The molecule has 0 N–H and O–H groups in total. The summed E-state index contributed by atoms with van der Waals surface area (Å²) in [4.78, 5) is 11.8. The van der Waals surface area contributed by atoms with Gasteiger partial charge in [-0.1, -0.05) is 6.92 Å². The molecule has 0 bridgehead atoms. The lowest BCUT2D eigenvalue weighted by Gasteiger charge is -2.38. The van der Waals surface area contributed by atoms with Crippen LogP contribution in [0.15, 0.2) is 11.8 Å². The molecule has 1 saturated carbocycles. The molecule has 2 aliphatic rings. The highest BCUT2D eigenvalue weighted by molar-refractivity contribution is 6.21. The first-order chi connectivity index (χ1) is 7.13. The largest absolute Gasteiger partial charge is 0.496 e. The molecule has 1 aliphatic carbocycles.